The van der Waals surface area contributed by atoms with Gasteiger partial charge in [0.1, 0.15) is 0 Å². The van der Waals surface area contributed by atoms with E-state index >= 15 is 0 Å². The Bertz CT molecular complexity index is 399. The molecule has 5 nitrogen and oxygen atoms in total. The zero-order valence-corrected chi connectivity index (χ0v) is 7.58. The van der Waals surface area contributed by atoms with Gasteiger partial charge < -0.3 is 9.63 Å². The van der Waals surface area contributed by atoms with Crippen LogP contribution in [0.3, 0.4) is 0 Å². The van der Waals surface area contributed by atoms with Crippen molar-refractivity contribution in [1.29, 1.82) is 0 Å². The Kier molecular flexibility index (Phi) is 2.15. The predicted octanol–water partition coefficient (Wildman–Crippen LogP) is 0.863. The largest absolute Gasteiger partial charge is 0.481 e. The highest BCUT2D eigenvalue weighted by molar-refractivity contribution is 5.70. The van der Waals surface area contributed by atoms with Crippen molar-refractivity contribution in [1.82, 2.24) is 5.16 Å². The number of hydrogen-bond donors (Lipinski definition) is 2. The zero-order chi connectivity index (χ0) is 10.1. The van der Waals surface area contributed by atoms with Crippen molar-refractivity contribution in [3.63, 3.8) is 0 Å². The van der Waals surface area contributed by atoms with E-state index in [9.17, 15) is 9.59 Å². The molecule has 76 valence electrons. The quantitative estimate of drug-likeness (QED) is 0.752. The molecule has 0 atom stereocenters. The summed E-state index contributed by atoms with van der Waals surface area (Å²) < 4.78 is 4.61. The van der Waals surface area contributed by atoms with Crippen LogP contribution in [0, 0.1) is 0 Å². The van der Waals surface area contributed by atoms with E-state index in [2.05, 4.69) is 9.68 Å². The van der Waals surface area contributed by atoms with E-state index < -0.39 is 11.6 Å². The molecular formula is C9H11NO4. The van der Waals surface area contributed by atoms with Gasteiger partial charge in [0.2, 0.25) is 0 Å². The Balaban J connectivity index is 2.30. The molecule has 0 spiro atoms. The number of H-pyrrole nitrogens is 1. The molecule has 1 aromatic rings. The fourth-order valence-corrected chi connectivity index (χ4v) is 1.68. The molecule has 0 aromatic carbocycles. The third kappa shape index (κ3) is 1.45. The molecule has 0 unspecified atom stereocenters. The molecule has 0 saturated heterocycles. The maximum atomic E-state index is 11.2. The van der Waals surface area contributed by atoms with Crippen LogP contribution in [0.1, 0.15) is 36.4 Å². The van der Waals surface area contributed by atoms with Gasteiger partial charge in [-0.2, -0.15) is 0 Å². The molecule has 0 radical (unpaired) electrons. The average Bonchev–Trinajstić information content (AvgIpc) is 2.32. The SMILES string of the molecule is O=C(O)Cc1c(C2CCC2)[nH]oc1=O. The van der Waals surface area contributed by atoms with Crippen LogP contribution in [0.5, 0.6) is 0 Å². The van der Waals surface area contributed by atoms with Crippen molar-refractivity contribution in [2.75, 3.05) is 0 Å². The van der Waals surface area contributed by atoms with Gasteiger partial charge in [0, 0.05) is 5.92 Å². The normalized spacial score (nSPS) is 16.6. The Labute approximate surface area is 79.7 Å². The highest BCUT2D eigenvalue weighted by Gasteiger charge is 2.27. The van der Waals surface area contributed by atoms with Crippen LogP contribution < -0.4 is 5.63 Å². The summed E-state index contributed by atoms with van der Waals surface area (Å²) in [4.78, 5) is 21.7. The molecule has 1 heterocycles. The zero-order valence-electron chi connectivity index (χ0n) is 7.58. The molecule has 0 amide bonds. The van der Waals surface area contributed by atoms with Gasteiger partial charge in [-0.05, 0) is 12.8 Å². The number of carbonyl (C=O) groups is 1. The van der Waals surface area contributed by atoms with E-state index in [0.29, 0.717) is 5.69 Å². The number of nitrogens with one attached hydrogen (secondary N) is 1. The molecule has 1 aliphatic rings. The van der Waals surface area contributed by atoms with Crippen LogP contribution in [0.4, 0.5) is 0 Å². The van der Waals surface area contributed by atoms with Gasteiger partial charge in [-0.1, -0.05) is 6.42 Å². The predicted molar refractivity (Wildman–Crippen MR) is 47.3 cm³/mol. The van der Waals surface area contributed by atoms with Crippen LogP contribution in [0.25, 0.3) is 0 Å². The standard InChI is InChI=1S/C9H11NO4/c11-7(12)4-6-8(5-2-1-3-5)10-14-9(6)13/h5,10H,1-4H2,(H,11,12). The molecule has 14 heavy (non-hydrogen) atoms. The van der Waals surface area contributed by atoms with Crippen LogP contribution in [0.15, 0.2) is 9.32 Å². The fraction of sp³-hybridized carbons (Fsp3) is 0.556. The van der Waals surface area contributed by atoms with Crippen molar-refractivity contribution >= 4 is 5.97 Å². The topological polar surface area (TPSA) is 83.3 Å². The van der Waals surface area contributed by atoms with Gasteiger partial charge in [-0.15, -0.1) is 0 Å². The van der Waals surface area contributed by atoms with Crippen LogP contribution in [0.2, 0.25) is 0 Å². The summed E-state index contributed by atoms with van der Waals surface area (Å²) in [5.41, 5.74) is 0.417. The molecular weight excluding hydrogens is 186 g/mol. The summed E-state index contributed by atoms with van der Waals surface area (Å²) in [7, 11) is 0. The average molecular weight is 197 g/mol. The molecule has 0 bridgehead atoms. The summed E-state index contributed by atoms with van der Waals surface area (Å²) in [6.07, 6.45) is 2.88. The minimum Gasteiger partial charge on any atom is -0.481 e. The first-order chi connectivity index (χ1) is 6.68. The number of aromatic amines is 1. The first-order valence-corrected chi connectivity index (χ1v) is 4.60. The van der Waals surface area contributed by atoms with E-state index in [-0.39, 0.29) is 17.9 Å². The molecule has 0 aliphatic heterocycles. The van der Waals surface area contributed by atoms with Crippen LogP contribution in [-0.2, 0) is 11.2 Å². The summed E-state index contributed by atoms with van der Waals surface area (Å²) in [6, 6.07) is 0. The Morgan fingerprint density at radius 1 is 1.57 bits per heavy atom. The third-order valence-corrected chi connectivity index (χ3v) is 2.67. The summed E-state index contributed by atoms with van der Waals surface area (Å²) in [5.74, 6) is -0.715. The minimum absolute atomic E-state index is 0.252. The Morgan fingerprint density at radius 2 is 2.29 bits per heavy atom. The van der Waals surface area contributed by atoms with E-state index in [4.69, 9.17) is 5.11 Å². The second-order valence-corrected chi connectivity index (χ2v) is 3.58. The van der Waals surface area contributed by atoms with Gasteiger partial charge in [0.05, 0.1) is 17.7 Å². The molecule has 1 saturated carbocycles. The summed E-state index contributed by atoms with van der Waals surface area (Å²) in [6.45, 7) is 0. The number of aromatic nitrogens is 1. The van der Waals surface area contributed by atoms with Crippen LogP contribution >= 0.6 is 0 Å². The van der Waals surface area contributed by atoms with Crippen molar-refractivity contribution in [2.45, 2.75) is 31.6 Å². The number of rotatable bonds is 3. The van der Waals surface area contributed by atoms with E-state index in [0.717, 1.165) is 19.3 Å². The van der Waals surface area contributed by atoms with E-state index in [1.807, 2.05) is 0 Å². The van der Waals surface area contributed by atoms with Gasteiger partial charge in [0.15, 0.2) is 0 Å². The maximum Gasteiger partial charge on any atom is 0.361 e. The van der Waals surface area contributed by atoms with Crippen LogP contribution in [-0.4, -0.2) is 16.2 Å². The van der Waals surface area contributed by atoms with Crippen molar-refractivity contribution < 1.29 is 14.4 Å². The lowest BCUT2D eigenvalue weighted by Crippen LogP contribution is -2.16. The molecule has 2 rings (SSSR count). The highest BCUT2D eigenvalue weighted by atomic mass is 16.5. The van der Waals surface area contributed by atoms with Gasteiger partial charge in [-0.3, -0.25) is 4.79 Å². The molecule has 5 heteroatoms. The first-order valence-electron chi connectivity index (χ1n) is 4.60. The second-order valence-electron chi connectivity index (χ2n) is 3.58. The first kappa shape index (κ1) is 9.05. The number of carboxylic acid groups (broad SMARTS) is 1. The van der Waals surface area contributed by atoms with Crippen molar-refractivity contribution in [2.24, 2.45) is 0 Å². The summed E-state index contributed by atoms with van der Waals surface area (Å²) >= 11 is 0. The lowest BCUT2D eigenvalue weighted by atomic mass is 9.81. The van der Waals surface area contributed by atoms with Gasteiger partial charge >= 0.3 is 11.6 Å². The van der Waals surface area contributed by atoms with E-state index in [1.54, 1.807) is 0 Å². The second kappa shape index (κ2) is 3.32. The Morgan fingerprint density at radius 3 is 2.79 bits per heavy atom. The molecule has 1 fully saturated rings. The highest BCUT2D eigenvalue weighted by Crippen LogP contribution is 2.36. The van der Waals surface area contributed by atoms with Gasteiger partial charge in [0.25, 0.3) is 0 Å². The monoisotopic (exact) mass is 197 g/mol. The fourth-order valence-electron chi connectivity index (χ4n) is 1.68. The summed E-state index contributed by atoms with van der Waals surface area (Å²) in [5, 5.41) is 11.1. The van der Waals surface area contributed by atoms with E-state index in [1.165, 1.54) is 0 Å². The number of aliphatic carboxylic acids is 1. The van der Waals surface area contributed by atoms with Crippen molar-refractivity contribution in [3.05, 3.63) is 21.7 Å². The third-order valence-electron chi connectivity index (χ3n) is 2.67. The van der Waals surface area contributed by atoms with Gasteiger partial charge in [-0.25, -0.2) is 9.95 Å². The maximum absolute atomic E-state index is 11.2. The minimum atomic E-state index is -1.00. The Hall–Kier alpha value is -1.52. The number of carboxylic acids is 1. The molecule has 1 aromatic heterocycles. The lowest BCUT2D eigenvalue weighted by molar-refractivity contribution is -0.136. The lowest BCUT2D eigenvalue weighted by Gasteiger charge is -2.24. The number of hydrogen-bond acceptors (Lipinski definition) is 3. The molecule has 2 N–H and O–H groups in total. The van der Waals surface area contributed by atoms with Crippen molar-refractivity contribution in [3.8, 4) is 0 Å². The molecule has 1 aliphatic carbocycles. The smallest absolute Gasteiger partial charge is 0.361 e.